The lowest BCUT2D eigenvalue weighted by atomic mass is 9.78. The zero-order valence-electron chi connectivity index (χ0n) is 11.7. The molecular weight excluding hydrogens is 272 g/mol. The van der Waals surface area contributed by atoms with Gasteiger partial charge in [0.2, 0.25) is 0 Å². The lowest BCUT2D eigenvalue weighted by molar-refractivity contribution is 0.233. The van der Waals surface area contributed by atoms with Crippen LogP contribution in [0.4, 0.5) is 0 Å². The second-order valence-corrected chi connectivity index (χ2v) is 7.83. The highest BCUT2D eigenvalue weighted by Crippen LogP contribution is 2.34. The molecule has 18 heavy (non-hydrogen) atoms. The predicted molar refractivity (Wildman–Crippen MR) is 76.0 cm³/mol. The number of halogens is 1. The summed E-state index contributed by atoms with van der Waals surface area (Å²) in [6.45, 7) is 5.87. The zero-order valence-corrected chi connectivity index (χ0v) is 13.3. The Labute approximate surface area is 116 Å². The van der Waals surface area contributed by atoms with Gasteiger partial charge in [-0.05, 0) is 32.6 Å². The minimum absolute atomic E-state index is 0.0594. The highest BCUT2D eigenvalue weighted by atomic mass is 35.5. The minimum Gasteiger partial charge on any atom is -0.195 e. The molecule has 1 fully saturated rings. The number of nitrogens with zero attached hydrogens (tertiary/aromatic N) is 1. The van der Waals surface area contributed by atoms with Crippen LogP contribution in [0.15, 0.2) is 0 Å². The smallest absolute Gasteiger partial charge is 0.195 e. The average Bonchev–Trinajstić information content (AvgIpc) is 2.27. The molecule has 2 unspecified atom stereocenters. The zero-order chi connectivity index (χ0) is 14.0. The molecule has 0 aliphatic heterocycles. The molecule has 4 nitrogen and oxygen atoms in total. The number of rotatable bonds is 5. The summed E-state index contributed by atoms with van der Waals surface area (Å²) in [6.07, 6.45) is 3.83. The standard InChI is InChI=1S/C12H25ClN2O2S/c1-10(2)15(4)18(16,17)14-12(9-13)7-5-6-11(3)8-12/h10-11,14H,5-9H2,1-4H3. The Morgan fingerprint density at radius 1 is 1.50 bits per heavy atom. The molecule has 0 aromatic rings. The fourth-order valence-electron chi connectivity index (χ4n) is 2.52. The van der Waals surface area contributed by atoms with Crippen LogP contribution in [0.5, 0.6) is 0 Å². The van der Waals surface area contributed by atoms with Gasteiger partial charge in [0.15, 0.2) is 0 Å². The Bertz CT molecular complexity index is 372. The van der Waals surface area contributed by atoms with Crippen LogP contribution in [0.3, 0.4) is 0 Å². The average molecular weight is 297 g/mol. The number of alkyl halides is 1. The molecule has 1 aliphatic carbocycles. The van der Waals surface area contributed by atoms with Gasteiger partial charge >= 0.3 is 0 Å². The van der Waals surface area contributed by atoms with Crippen LogP contribution < -0.4 is 4.72 Å². The Kier molecular flexibility index (Phi) is 5.47. The quantitative estimate of drug-likeness (QED) is 0.792. The molecule has 2 atom stereocenters. The van der Waals surface area contributed by atoms with E-state index in [1.54, 1.807) is 7.05 Å². The summed E-state index contributed by atoms with van der Waals surface area (Å²) in [4.78, 5) is 0. The van der Waals surface area contributed by atoms with Gasteiger partial charge in [-0.1, -0.05) is 19.8 Å². The molecule has 0 aromatic carbocycles. The van der Waals surface area contributed by atoms with Crippen molar-refractivity contribution in [3.63, 3.8) is 0 Å². The maximum Gasteiger partial charge on any atom is 0.279 e. The Hall–Kier alpha value is 0.160. The highest BCUT2D eigenvalue weighted by Gasteiger charge is 2.39. The van der Waals surface area contributed by atoms with Crippen molar-refractivity contribution in [3.05, 3.63) is 0 Å². The van der Waals surface area contributed by atoms with Gasteiger partial charge in [-0.15, -0.1) is 11.6 Å². The first-order valence-electron chi connectivity index (χ1n) is 6.55. The van der Waals surface area contributed by atoms with Crippen molar-refractivity contribution in [2.24, 2.45) is 5.92 Å². The summed E-state index contributed by atoms with van der Waals surface area (Å²) in [7, 11) is -1.86. The maximum absolute atomic E-state index is 12.3. The summed E-state index contributed by atoms with van der Waals surface area (Å²) < 4.78 is 28.7. The van der Waals surface area contributed by atoms with Gasteiger partial charge < -0.3 is 0 Å². The number of nitrogens with one attached hydrogen (secondary N) is 1. The van der Waals surface area contributed by atoms with Crippen LogP contribution in [-0.4, -0.2) is 37.2 Å². The second-order valence-electron chi connectivity index (χ2n) is 5.83. The van der Waals surface area contributed by atoms with Gasteiger partial charge in [0.05, 0.1) is 0 Å². The molecule has 0 spiro atoms. The van der Waals surface area contributed by atoms with Crippen molar-refractivity contribution >= 4 is 21.8 Å². The van der Waals surface area contributed by atoms with Gasteiger partial charge in [0.25, 0.3) is 10.2 Å². The fourth-order valence-corrected chi connectivity index (χ4v) is 4.42. The van der Waals surface area contributed by atoms with Crippen molar-refractivity contribution in [1.29, 1.82) is 0 Å². The largest absolute Gasteiger partial charge is 0.279 e. The summed E-state index contributed by atoms with van der Waals surface area (Å²) >= 11 is 6.05. The van der Waals surface area contributed by atoms with Gasteiger partial charge in [-0.25, -0.2) is 0 Å². The van der Waals surface area contributed by atoms with E-state index < -0.39 is 15.7 Å². The minimum atomic E-state index is -3.45. The summed E-state index contributed by atoms with van der Waals surface area (Å²) in [5.41, 5.74) is -0.471. The van der Waals surface area contributed by atoms with E-state index in [-0.39, 0.29) is 6.04 Å². The van der Waals surface area contributed by atoms with Gasteiger partial charge in [0.1, 0.15) is 0 Å². The molecule has 0 radical (unpaired) electrons. The van der Waals surface area contributed by atoms with E-state index >= 15 is 0 Å². The first-order chi connectivity index (χ1) is 8.22. The van der Waals surface area contributed by atoms with Crippen LogP contribution in [0.25, 0.3) is 0 Å². The molecular formula is C12H25ClN2O2S. The number of hydrogen-bond donors (Lipinski definition) is 1. The summed E-state index contributed by atoms with van der Waals surface area (Å²) in [5.74, 6) is 0.854. The van der Waals surface area contributed by atoms with Crippen molar-refractivity contribution in [1.82, 2.24) is 9.03 Å². The first kappa shape index (κ1) is 16.2. The molecule has 1 saturated carbocycles. The molecule has 6 heteroatoms. The van der Waals surface area contributed by atoms with Crippen LogP contribution in [0, 0.1) is 5.92 Å². The van der Waals surface area contributed by atoms with Crippen molar-refractivity contribution < 1.29 is 8.42 Å². The van der Waals surface area contributed by atoms with E-state index in [2.05, 4.69) is 11.6 Å². The van der Waals surface area contributed by atoms with E-state index in [9.17, 15) is 8.42 Å². The third-order valence-corrected chi connectivity index (χ3v) is 6.18. The third-order valence-electron chi connectivity index (χ3n) is 3.80. The molecule has 0 amide bonds. The monoisotopic (exact) mass is 296 g/mol. The lowest BCUT2D eigenvalue weighted by Gasteiger charge is -2.40. The van der Waals surface area contributed by atoms with Crippen LogP contribution in [0.1, 0.15) is 46.5 Å². The van der Waals surface area contributed by atoms with E-state index in [0.717, 1.165) is 25.7 Å². The SMILES string of the molecule is CC1CCCC(CCl)(NS(=O)(=O)N(C)C(C)C)C1. The van der Waals surface area contributed by atoms with Crippen molar-refractivity contribution in [2.75, 3.05) is 12.9 Å². The lowest BCUT2D eigenvalue weighted by Crippen LogP contribution is -2.56. The molecule has 108 valence electrons. The molecule has 1 N–H and O–H groups in total. The highest BCUT2D eigenvalue weighted by molar-refractivity contribution is 7.87. The molecule has 0 heterocycles. The van der Waals surface area contributed by atoms with E-state index in [0.29, 0.717) is 11.8 Å². The van der Waals surface area contributed by atoms with E-state index in [4.69, 9.17) is 11.6 Å². The Morgan fingerprint density at radius 2 is 2.11 bits per heavy atom. The molecule has 0 bridgehead atoms. The van der Waals surface area contributed by atoms with Crippen LogP contribution >= 0.6 is 11.6 Å². The van der Waals surface area contributed by atoms with Crippen molar-refractivity contribution in [3.8, 4) is 0 Å². The normalized spacial score (nSPS) is 30.1. The summed E-state index contributed by atoms with van der Waals surface area (Å²) in [5, 5.41) is 0. The summed E-state index contributed by atoms with van der Waals surface area (Å²) in [6, 6.07) is -0.0594. The van der Waals surface area contributed by atoms with Crippen molar-refractivity contribution in [2.45, 2.75) is 58.0 Å². The van der Waals surface area contributed by atoms with E-state index in [1.807, 2.05) is 13.8 Å². The second kappa shape index (κ2) is 6.07. The number of hydrogen-bond acceptors (Lipinski definition) is 2. The molecule has 1 aliphatic rings. The van der Waals surface area contributed by atoms with Gasteiger partial charge in [0, 0.05) is 24.5 Å². The molecule has 1 rings (SSSR count). The van der Waals surface area contributed by atoms with Crippen LogP contribution in [-0.2, 0) is 10.2 Å². The predicted octanol–water partition coefficient (Wildman–Crippen LogP) is 2.35. The maximum atomic E-state index is 12.3. The first-order valence-corrected chi connectivity index (χ1v) is 8.53. The fraction of sp³-hybridized carbons (Fsp3) is 1.00. The Balaban J connectivity index is 2.85. The topological polar surface area (TPSA) is 49.4 Å². The molecule has 0 saturated heterocycles. The third kappa shape index (κ3) is 3.83. The van der Waals surface area contributed by atoms with E-state index in [1.165, 1.54) is 4.31 Å². The Morgan fingerprint density at radius 3 is 2.56 bits per heavy atom. The molecule has 0 aromatic heterocycles. The van der Waals surface area contributed by atoms with Crippen LogP contribution in [0.2, 0.25) is 0 Å². The van der Waals surface area contributed by atoms with Gasteiger partial charge in [-0.2, -0.15) is 17.4 Å². The van der Waals surface area contributed by atoms with Gasteiger partial charge in [-0.3, -0.25) is 0 Å².